The molecule has 6 rings (SSSR count). The number of hydrogen-bond acceptors (Lipinski definition) is 8. The van der Waals surface area contributed by atoms with Crippen LogP contribution in [0.15, 0.2) is 67.0 Å². The number of methoxy groups -OCH3 is 1. The third-order valence-electron chi connectivity index (χ3n) is 8.07. The highest BCUT2D eigenvalue weighted by molar-refractivity contribution is 6.06. The Bertz CT molecular complexity index is 1920. The number of benzene rings is 3. The molecule has 0 atom stereocenters. The lowest BCUT2D eigenvalue weighted by atomic mass is 10.0. The van der Waals surface area contributed by atoms with Gasteiger partial charge in [-0.3, -0.25) is 9.69 Å². The molecule has 4 N–H and O–H groups in total. The van der Waals surface area contributed by atoms with Gasteiger partial charge in [0.05, 0.1) is 35.4 Å². The minimum Gasteiger partial charge on any atom is -0.508 e. The van der Waals surface area contributed by atoms with Crippen molar-refractivity contribution in [3.8, 4) is 22.8 Å². The van der Waals surface area contributed by atoms with Crippen molar-refractivity contribution in [3.05, 3.63) is 89.5 Å². The number of amides is 1. The molecule has 10 nitrogen and oxygen atoms in total. The number of fused-ring (bicyclic) bond motifs is 1. The highest BCUT2D eigenvalue weighted by Gasteiger charge is 2.32. The van der Waals surface area contributed by atoms with Crippen LogP contribution in [0.4, 0.5) is 29.1 Å². The van der Waals surface area contributed by atoms with Gasteiger partial charge in [-0.05, 0) is 49.2 Å². The number of nitrogens with two attached hydrogens (primary N) is 1. The number of hydrogen-bond donors (Lipinski definition) is 3. The Hall–Kier alpha value is -5.24. The van der Waals surface area contributed by atoms with Gasteiger partial charge in [0.2, 0.25) is 0 Å². The average molecular weight is 636 g/mol. The fourth-order valence-electron chi connectivity index (χ4n) is 5.67. The van der Waals surface area contributed by atoms with Crippen LogP contribution in [0.1, 0.15) is 40.4 Å². The van der Waals surface area contributed by atoms with Crippen molar-refractivity contribution >= 4 is 28.4 Å². The Morgan fingerprint density at radius 1 is 1.09 bits per heavy atom. The smallest absolute Gasteiger partial charge is 0.416 e. The quantitative estimate of drug-likeness (QED) is 0.185. The summed E-state index contributed by atoms with van der Waals surface area (Å²) in [6.45, 7) is 2.18. The molecule has 1 aliphatic heterocycles. The molecule has 5 aromatic rings. The van der Waals surface area contributed by atoms with E-state index in [0.29, 0.717) is 34.9 Å². The molecule has 2 aromatic heterocycles. The highest BCUT2D eigenvalue weighted by atomic mass is 19.4. The van der Waals surface area contributed by atoms with Crippen LogP contribution in [0.25, 0.3) is 22.3 Å². The number of nitrogens with zero attached hydrogens (tertiary/aromatic N) is 5. The molecule has 1 fully saturated rings. The van der Waals surface area contributed by atoms with Crippen LogP contribution in [0.5, 0.6) is 11.5 Å². The number of phenolic OH excluding ortho intramolecular Hbond substituents is 1. The van der Waals surface area contributed by atoms with Crippen molar-refractivity contribution in [2.45, 2.75) is 31.6 Å². The molecule has 14 heteroatoms. The van der Waals surface area contributed by atoms with Crippen LogP contribution in [-0.4, -0.2) is 55.9 Å². The van der Waals surface area contributed by atoms with Crippen LogP contribution < -0.4 is 15.8 Å². The standard InChI is InChI=1S/C32H29F4N7O3/c1-46-26-14-18(6-9-24(26)40-31(45)22-8-7-20(15-23(22)33)32(34,35)36)28-27-29(37)38-17-39-30(27)43(41-28)21-10-12-42(13-11-21)16-19-4-2-3-5-25(19)44/h2-9,14-15,17,21,44H,10-13,16H2,1H3,(H,40,45)(H2,37,38,39). The van der Waals surface area contributed by atoms with Gasteiger partial charge in [-0.2, -0.15) is 18.3 Å². The van der Waals surface area contributed by atoms with Gasteiger partial charge >= 0.3 is 6.18 Å². The van der Waals surface area contributed by atoms with E-state index in [9.17, 15) is 27.5 Å². The number of piperidine rings is 1. The zero-order chi connectivity index (χ0) is 32.6. The number of aromatic hydroxyl groups is 1. The monoisotopic (exact) mass is 635 g/mol. The predicted molar refractivity (Wildman–Crippen MR) is 163 cm³/mol. The summed E-state index contributed by atoms with van der Waals surface area (Å²) in [5.41, 5.74) is 7.23. The molecule has 238 valence electrons. The number of aromatic nitrogens is 4. The fourth-order valence-corrected chi connectivity index (χ4v) is 5.67. The number of phenols is 1. The van der Waals surface area contributed by atoms with Crippen molar-refractivity contribution in [1.29, 1.82) is 0 Å². The molecule has 46 heavy (non-hydrogen) atoms. The number of anilines is 2. The summed E-state index contributed by atoms with van der Waals surface area (Å²) in [7, 11) is 1.38. The van der Waals surface area contributed by atoms with Crippen LogP contribution in [0, 0.1) is 5.82 Å². The van der Waals surface area contributed by atoms with Crippen LogP contribution in [0.2, 0.25) is 0 Å². The van der Waals surface area contributed by atoms with Gasteiger partial charge in [-0.15, -0.1) is 0 Å². The zero-order valence-corrected chi connectivity index (χ0v) is 24.6. The van der Waals surface area contributed by atoms with E-state index in [-0.39, 0.29) is 35.1 Å². The average Bonchev–Trinajstić information content (AvgIpc) is 3.43. The fraction of sp³-hybridized carbons (Fsp3) is 0.250. The predicted octanol–water partition coefficient (Wildman–Crippen LogP) is 6.04. The molecule has 0 unspecified atom stereocenters. The lowest BCUT2D eigenvalue weighted by Gasteiger charge is -2.32. The van der Waals surface area contributed by atoms with Crippen molar-refractivity contribution in [2.75, 3.05) is 31.2 Å². The molecule has 0 spiro atoms. The molecule has 3 aromatic carbocycles. The maximum atomic E-state index is 14.4. The summed E-state index contributed by atoms with van der Waals surface area (Å²) in [4.78, 5) is 23.7. The van der Waals surface area contributed by atoms with Crippen LogP contribution in [0.3, 0.4) is 0 Å². The van der Waals surface area contributed by atoms with E-state index in [0.717, 1.165) is 37.6 Å². The third kappa shape index (κ3) is 6.03. The van der Waals surface area contributed by atoms with Crippen molar-refractivity contribution < 1.29 is 32.2 Å². The minimum absolute atomic E-state index is 0.0188. The third-order valence-corrected chi connectivity index (χ3v) is 8.07. The summed E-state index contributed by atoms with van der Waals surface area (Å²) in [6.07, 6.45) is -1.80. The minimum atomic E-state index is -4.74. The molecule has 0 saturated carbocycles. The van der Waals surface area contributed by atoms with Gasteiger partial charge in [-0.1, -0.05) is 24.3 Å². The van der Waals surface area contributed by atoms with E-state index in [2.05, 4.69) is 20.2 Å². The lowest BCUT2D eigenvalue weighted by Crippen LogP contribution is -2.34. The molecule has 3 heterocycles. The molecular formula is C32H29F4N7O3. The first kappa shape index (κ1) is 30.8. The second-order valence-electron chi connectivity index (χ2n) is 10.9. The van der Waals surface area contributed by atoms with E-state index in [1.165, 1.54) is 19.5 Å². The Kier molecular flexibility index (Phi) is 8.21. The summed E-state index contributed by atoms with van der Waals surface area (Å²) in [6, 6.07) is 13.8. The van der Waals surface area contributed by atoms with Crippen molar-refractivity contribution in [2.24, 2.45) is 0 Å². The summed E-state index contributed by atoms with van der Waals surface area (Å²) < 4.78 is 60.6. The van der Waals surface area contributed by atoms with E-state index in [4.69, 9.17) is 15.6 Å². The first-order chi connectivity index (χ1) is 22.0. The van der Waals surface area contributed by atoms with Crippen molar-refractivity contribution in [1.82, 2.24) is 24.6 Å². The van der Waals surface area contributed by atoms with Gasteiger partial charge in [0.15, 0.2) is 5.65 Å². The number of ether oxygens (including phenoxy) is 1. The second-order valence-corrected chi connectivity index (χ2v) is 10.9. The summed E-state index contributed by atoms with van der Waals surface area (Å²) >= 11 is 0. The van der Waals surface area contributed by atoms with E-state index >= 15 is 0 Å². The number of nitrogen functional groups attached to an aromatic ring is 1. The van der Waals surface area contributed by atoms with E-state index < -0.39 is 29.0 Å². The lowest BCUT2D eigenvalue weighted by molar-refractivity contribution is -0.137. The van der Waals surface area contributed by atoms with Gasteiger partial charge in [0.1, 0.15) is 35.2 Å². The number of carbonyl (C=O) groups is 1. The first-order valence-corrected chi connectivity index (χ1v) is 14.4. The van der Waals surface area contributed by atoms with Crippen LogP contribution >= 0.6 is 0 Å². The maximum Gasteiger partial charge on any atom is 0.416 e. The van der Waals surface area contributed by atoms with Crippen molar-refractivity contribution in [3.63, 3.8) is 0 Å². The second kappa shape index (κ2) is 12.3. The SMILES string of the molecule is COc1cc(-c2nn(C3CCN(Cc4ccccc4O)CC3)c3ncnc(N)c23)ccc1NC(=O)c1ccc(C(F)(F)F)cc1F. The number of para-hydroxylation sites is 1. The number of nitrogens with one attached hydrogen (secondary N) is 1. The highest BCUT2D eigenvalue weighted by Crippen LogP contribution is 2.38. The number of halogens is 4. The topological polar surface area (TPSA) is 131 Å². The Morgan fingerprint density at radius 3 is 2.54 bits per heavy atom. The Labute approximate surface area is 260 Å². The Morgan fingerprint density at radius 2 is 1.85 bits per heavy atom. The van der Waals surface area contributed by atoms with E-state index in [1.807, 2.05) is 16.8 Å². The number of rotatable bonds is 7. The summed E-state index contributed by atoms with van der Waals surface area (Å²) in [5, 5.41) is 18.1. The molecule has 0 bridgehead atoms. The van der Waals surface area contributed by atoms with E-state index in [1.54, 1.807) is 24.3 Å². The normalized spacial score (nSPS) is 14.5. The molecule has 0 radical (unpaired) electrons. The first-order valence-electron chi connectivity index (χ1n) is 14.4. The van der Waals surface area contributed by atoms with Crippen LogP contribution in [-0.2, 0) is 12.7 Å². The van der Waals surface area contributed by atoms with Gasteiger partial charge in [0.25, 0.3) is 5.91 Å². The number of carbonyl (C=O) groups excluding carboxylic acids is 1. The maximum absolute atomic E-state index is 14.4. The molecule has 1 aliphatic rings. The largest absolute Gasteiger partial charge is 0.508 e. The molecule has 1 amide bonds. The van der Waals surface area contributed by atoms with Gasteiger partial charge in [-0.25, -0.2) is 19.0 Å². The number of likely N-dealkylation sites (tertiary alicyclic amines) is 1. The molecule has 1 saturated heterocycles. The Balaban J connectivity index is 1.25. The molecular weight excluding hydrogens is 606 g/mol. The summed E-state index contributed by atoms with van der Waals surface area (Å²) in [5.74, 6) is -1.55. The van der Waals surface area contributed by atoms with Gasteiger partial charge < -0.3 is 20.9 Å². The number of alkyl halides is 3. The van der Waals surface area contributed by atoms with Gasteiger partial charge in [0, 0.05) is 30.8 Å². The molecule has 0 aliphatic carbocycles. The zero-order valence-electron chi connectivity index (χ0n) is 24.6.